The lowest BCUT2D eigenvalue weighted by molar-refractivity contribution is -0.137. The number of hydrogen-bond acceptors (Lipinski definition) is 3. The molecule has 4 nitrogen and oxygen atoms in total. The Hall–Kier alpha value is -0.610. The van der Waals surface area contributed by atoms with E-state index in [1.165, 1.54) is 12.8 Å². The lowest BCUT2D eigenvalue weighted by atomic mass is 9.99. The molecule has 2 unspecified atom stereocenters. The van der Waals surface area contributed by atoms with E-state index in [-0.39, 0.29) is 18.6 Å². The molecule has 2 atom stereocenters. The SMILES string of the molecule is CCC1CCCCN1C(=O)CN1CCCCC1CO. The van der Waals surface area contributed by atoms with E-state index in [4.69, 9.17) is 0 Å². The topological polar surface area (TPSA) is 43.8 Å². The first kappa shape index (κ1) is 14.8. The number of aliphatic hydroxyl groups is 1. The van der Waals surface area contributed by atoms with Gasteiger partial charge in [-0.15, -0.1) is 0 Å². The summed E-state index contributed by atoms with van der Waals surface area (Å²) >= 11 is 0. The molecule has 0 aromatic carbocycles. The standard InChI is InChI=1S/C15H28N2O2/c1-2-13-7-4-6-10-17(13)15(19)11-16-9-5-3-8-14(16)12-18/h13-14,18H,2-12H2,1H3. The summed E-state index contributed by atoms with van der Waals surface area (Å²) in [5.41, 5.74) is 0. The van der Waals surface area contributed by atoms with Gasteiger partial charge in [-0.3, -0.25) is 9.69 Å². The van der Waals surface area contributed by atoms with Gasteiger partial charge < -0.3 is 10.0 Å². The zero-order valence-electron chi connectivity index (χ0n) is 12.2. The van der Waals surface area contributed by atoms with Crippen LogP contribution in [0.1, 0.15) is 51.9 Å². The summed E-state index contributed by atoms with van der Waals surface area (Å²) in [5, 5.41) is 9.42. The first-order valence-corrected chi connectivity index (χ1v) is 7.90. The van der Waals surface area contributed by atoms with Gasteiger partial charge in [-0.1, -0.05) is 13.3 Å². The molecule has 0 aromatic rings. The molecule has 2 rings (SSSR count). The summed E-state index contributed by atoms with van der Waals surface area (Å²) in [6.45, 7) is 4.75. The predicted octanol–water partition coefficient (Wildman–Crippen LogP) is 1.62. The van der Waals surface area contributed by atoms with Crippen LogP contribution in [0.2, 0.25) is 0 Å². The number of rotatable bonds is 4. The highest BCUT2D eigenvalue weighted by atomic mass is 16.3. The molecule has 1 amide bonds. The van der Waals surface area contributed by atoms with Crippen LogP contribution in [-0.4, -0.2) is 59.1 Å². The number of aliphatic hydroxyl groups excluding tert-OH is 1. The van der Waals surface area contributed by atoms with Gasteiger partial charge in [0.2, 0.25) is 5.91 Å². The number of carbonyl (C=O) groups is 1. The van der Waals surface area contributed by atoms with Crippen LogP contribution in [0.5, 0.6) is 0 Å². The second-order valence-corrected chi connectivity index (χ2v) is 5.95. The first-order chi connectivity index (χ1) is 9.26. The van der Waals surface area contributed by atoms with Crippen molar-refractivity contribution in [2.45, 2.75) is 64.0 Å². The maximum Gasteiger partial charge on any atom is 0.237 e. The zero-order valence-corrected chi connectivity index (χ0v) is 12.2. The molecule has 2 saturated heterocycles. The van der Waals surface area contributed by atoms with Crippen molar-refractivity contribution in [3.8, 4) is 0 Å². The van der Waals surface area contributed by atoms with Crippen LogP contribution < -0.4 is 0 Å². The number of hydrogen-bond donors (Lipinski definition) is 1. The van der Waals surface area contributed by atoms with Gasteiger partial charge in [0, 0.05) is 18.6 Å². The Morgan fingerprint density at radius 1 is 1.11 bits per heavy atom. The van der Waals surface area contributed by atoms with Gasteiger partial charge in [0.1, 0.15) is 0 Å². The lowest BCUT2D eigenvalue weighted by Gasteiger charge is -2.39. The normalized spacial score (nSPS) is 29.5. The van der Waals surface area contributed by atoms with Crippen molar-refractivity contribution in [1.29, 1.82) is 0 Å². The molecular formula is C15H28N2O2. The summed E-state index contributed by atoms with van der Waals surface area (Å²) < 4.78 is 0. The molecule has 2 aliphatic rings. The number of amides is 1. The van der Waals surface area contributed by atoms with Crippen molar-refractivity contribution < 1.29 is 9.90 Å². The fourth-order valence-electron chi connectivity index (χ4n) is 3.49. The van der Waals surface area contributed by atoms with Crippen molar-refractivity contribution in [2.75, 3.05) is 26.2 Å². The third-order valence-electron chi connectivity index (χ3n) is 4.72. The summed E-state index contributed by atoms with van der Waals surface area (Å²) in [7, 11) is 0. The molecule has 0 saturated carbocycles. The van der Waals surface area contributed by atoms with Gasteiger partial charge in [0.25, 0.3) is 0 Å². The van der Waals surface area contributed by atoms with Gasteiger partial charge in [0.15, 0.2) is 0 Å². The van der Waals surface area contributed by atoms with Crippen LogP contribution >= 0.6 is 0 Å². The minimum absolute atomic E-state index is 0.185. The molecule has 0 spiro atoms. The van der Waals surface area contributed by atoms with E-state index in [9.17, 15) is 9.90 Å². The third-order valence-corrected chi connectivity index (χ3v) is 4.72. The maximum absolute atomic E-state index is 12.5. The maximum atomic E-state index is 12.5. The minimum atomic E-state index is 0.185. The third kappa shape index (κ3) is 3.69. The van der Waals surface area contributed by atoms with Crippen LogP contribution in [0.25, 0.3) is 0 Å². The summed E-state index contributed by atoms with van der Waals surface area (Å²) in [6, 6.07) is 0.640. The van der Waals surface area contributed by atoms with E-state index in [0.717, 1.165) is 45.2 Å². The van der Waals surface area contributed by atoms with Gasteiger partial charge in [-0.05, 0) is 45.1 Å². The first-order valence-electron chi connectivity index (χ1n) is 7.90. The van der Waals surface area contributed by atoms with E-state index in [1.54, 1.807) is 0 Å². The lowest BCUT2D eigenvalue weighted by Crippen LogP contribution is -2.51. The summed E-state index contributed by atoms with van der Waals surface area (Å²) in [6.07, 6.45) is 7.98. The molecule has 1 N–H and O–H groups in total. The Bertz CT molecular complexity index is 296. The molecule has 0 radical (unpaired) electrons. The van der Waals surface area contributed by atoms with Crippen molar-refractivity contribution in [2.24, 2.45) is 0 Å². The van der Waals surface area contributed by atoms with Crippen molar-refractivity contribution in [3.63, 3.8) is 0 Å². The second kappa shape index (κ2) is 7.25. The number of nitrogens with zero attached hydrogens (tertiary/aromatic N) is 2. The number of piperidine rings is 2. The average Bonchev–Trinajstić information content (AvgIpc) is 2.47. The zero-order chi connectivity index (χ0) is 13.7. The highest BCUT2D eigenvalue weighted by Crippen LogP contribution is 2.21. The Kier molecular flexibility index (Phi) is 5.64. The Morgan fingerprint density at radius 3 is 2.47 bits per heavy atom. The van der Waals surface area contributed by atoms with Crippen molar-refractivity contribution >= 4 is 5.91 Å². The summed E-state index contributed by atoms with van der Waals surface area (Å²) in [4.78, 5) is 16.8. The fourth-order valence-corrected chi connectivity index (χ4v) is 3.49. The molecule has 2 heterocycles. The molecular weight excluding hydrogens is 240 g/mol. The monoisotopic (exact) mass is 268 g/mol. The van der Waals surface area contributed by atoms with Crippen molar-refractivity contribution in [3.05, 3.63) is 0 Å². The quantitative estimate of drug-likeness (QED) is 0.842. The number of carbonyl (C=O) groups excluding carboxylic acids is 1. The van der Waals surface area contributed by atoms with Gasteiger partial charge in [-0.2, -0.15) is 0 Å². The Morgan fingerprint density at radius 2 is 1.79 bits per heavy atom. The smallest absolute Gasteiger partial charge is 0.237 e. The van der Waals surface area contributed by atoms with Crippen LogP contribution in [0.4, 0.5) is 0 Å². The Balaban J connectivity index is 1.91. The van der Waals surface area contributed by atoms with E-state index in [1.807, 2.05) is 0 Å². The van der Waals surface area contributed by atoms with Crippen molar-refractivity contribution in [1.82, 2.24) is 9.80 Å². The molecule has 0 bridgehead atoms. The summed E-state index contributed by atoms with van der Waals surface area (Å²) in [5.74, 6) is 0.270. The van der Waals surface area contributed by atoms with E-state index >= 15 is 0 Å². The van der Waals surface area contributed by atoms with Crippen LogP contribution in [0.15, 0.2) is 0 Å². The average molecular weight is 268 g/mol. The molecule has 19 heavy (non-hydrogen) atoms. The fraction of sp³-hybridized carbons (Fsp3) is 0.933. The Labute approximate surface area is 116 Å². The van der Waals surface area contributed by atoms with Crippen LogP contribution in [-0.2, 0) is 4.79 Å². The predicted molar refractivity (Wildman–Crippen MR) is 75.9 cm³/mol. The van der Waals surface area contributed by atoms with E-state index < -0.39 is 0 Å². The second-order valence-electron chi connectivity index (χ2n) is 5.95. The minimum Gasteiger partial charge on any atom is -0.395 e. The van der Waals surface area contributed by atoms with E-state index in [2.05, 4.69) is 16.7 Å². The largest absolute Gasteiger partial charge is 0.395 e. The van der Waals surface area contributed by atoms with Crippen LogP contribution in [0.3, 0.4) is 0 Å². The molecule has 110 valence electrons. The molecule has 4 heteroatoms. The molecule has 2 fully saturated rings. The van der Waals surface area contributed by atoms with Gasteiger partial charge in [-0.25, -0.2) is 0 Å². The highest BCUT2D eigenvalue weighted by Gasteiger charge is 2.29. The van der Waals surface area contributed by atoms with E-state index in [0.29, 0.717) is 12.6 Å². The highest BCUT2D eigenvalue weighted by molar-refractivity contribution is 5.78. The van der Waals surface area contributed by atoms with Gasteiger partial charge >= 0.3 is 0 Å². The molecule has 0 aliphatic carbocycles. The molecule has 0 aromatic heterocycles. The number of likely N-dealkylation sites (tertiary alicyclic amines) is 2. The van der Waals surface area contributed by atoms with Crippen LogP contribution in [0, 0.1) is 0 Å². The van der Waals surface area contributed by atoms with Gasteiger partial charge in [0.05, 0.1) is 13.2 Å². The molecule has 2 aliphatic heterocycles.